The monoisotopic (exact) mass is 331 g/mol. The molecule has 7 heteroatoms. The van der Waals surface area contributed by atoms with Crippen molar-refractivity contribution in [3.05, 3.63) is 12.3 Å². The number of hydrogen-bond acceptors (Lipinski definition) is 6. The van der Waals surface area contributed by atoms with Gasteiger partial charge < -0.3 is 15.7 Å². The number of fused-ring (bicyclic) bond motifs is 1. The minimum Gasteiger partial charge on any atom is -0.481 e. The highest BCUT2D eigenvalue weighted by Crippen LogP contribution is 2.45. The summed E-state index contributed by atoms with van der Waals surface area (Å²) in [5, 5.41) is 10.00. The number of carbonyl (C=O) groups is 1. The fourth-order valence-corrected chi connectivity index (χ4v) is 4.85. The van der Waals surface area contributed by atoms with E-state index in [0.717, 1.165) is 18.9 Å². The van der Waals surface area contributed by atoms with Gasteiger partial charge in [0.15, 0.2) is 0 Å². The van der Waals surface area contributed by atoms with Crippen molar-refractivity contribution in [2.24, 2.45) is 11.3 Å². The highest BCUT2D eigenvalue weighted by molar-refractivity contribution is 5.78. The van der Waals surface area contributed by atoms with E-state index in [1.165, 1.54) is 32.1 Å². The molecule has 2 aliphatic heterocycles. The number of anilines is 2. The van der Waals surface area contributed by atoms with Crippen LogP contribution in [0, 0.1) is 11.3 Å². The Labute approximate surface area is 141 Å². The second kappa shape index (κ2) is 5.88. The van der Waals surface area contributed by atoms with Gasteiger partial charge in [0.2, 0.25) is 5.95 Å². The molecule has 0 aromatic carbocycles. The van der Waals surface area contributed by atoms with Gasteiger partial charge in [-0.25, -0.2) is 4.98 Å². The zero-order valence-corrected chi connectivity index (χ0v) is 13.9. The number of rotatable bonds is 3. The van der Waals surface area contributed by atoms with Gasteiger partial charge in [0, 0.05) is 44.3 Å². The summed E-state index contributed by atoms with van der Waals surface area (Å²) >= 11 is 0. The van der Waals surface area contributed by atoms with Crippen LogP contribution in [-0.2, 0) is 4.79 Å². The largest absolute Gasteiger partial charge is 0.481 e. The van der Waals surface area contributed by atoms with Gasteiger partial charge in [-0.3, -0.25) is 9.69 Å². The predicted octanol–water partition coefficient (Wildman–Crippen LogP) is 1.21. The van der Waals surface area contributed by atoms with Gasteiger partial charge >= 0.3 is 5.97 Å². The Morgan fingerprint density at radius 2 is 2.04 bits per heavy atom. The molecule has 3 fully saturated rings. The quantitative estimate of drug-likeness (QED) is 0.859. The van der Waals surface area contributed by atoms with E-state index in [-0.39, 0.29) is 11.9 Å². The summed E-state index contributed by atoms with van der Waals surface area (Å²) in [4.78, 5) is 24.9. The fraction of sp³-hybridized carbons (Fsp3) is 0.706. The number of aliphatic carboxylic acids is 1. The maximum atomic E-state index is 12.2. The second-order valence-electron chi connectivity index (χ2n) is 7.53. The van der Waals surface area contributed by atoms with Crippen LogP contribution in [0.2, 0.25) is 0 Å². The number of likely N-dealkylation sites (tertiary alicyclic amines) is 1. The normalized spacial score (nSPS) is 31.3. The van der Waals surface area contributed by atoms with Crippen molar-refractivity contribution >= 4 is 17.7 Å². The topological polar surface area (TPSA) is 95.6 Å². The van der Waals surface area contributed by atoms with Gasteiger partial charge in [0.1, 0.15) is 11.2 Å². The third-order valence-corrected chi connectivity index (χ3v) is 6.14. The van der Waals surface area contributed by atoms with E-state index >= 15 is 0 Å². The molecule has 0 spiro atoms. The Bertz CT molecular complexity index is 633. The van der Waals surface area contributed by atoms with Crippen LogP contribution in [0.15, 0.2) is 12.3 Å². The third-order valence-electron chi connectivity index (χ3n) is 6.14. The maximum absolute atomic E-state index is 12.2. The molecular weight excluding hydrogens is 306 g/mol. The molecule has 3 aliphatic rings. The van der Waals surface area contributed by atoms with E-state index < -0.39 is 11.4 Å². The molecule has 2 atom stereocenters. The first-order valence-corrected chi connectivity index (χ1v) is 8.89. The highest BCUT2D eigenvalue weighted by Gasteiger charge is 2.58. The van der Waals surface area contributed by atoms with E-state index in [1.54, 1.807) is 6.20 Å². The SMILES string of the molecule is Nc1nccc(N2C[C@H]3CN(C4CCCCC4)C[C@@]3(C(=O)O)C2)n1. The number of nitrogens with two attached hydrogens (primary N) is 1. The summed E-state index contributed by atoms with van der Waals surface area (Å²) < 4.78 is 0. The van der Waals surface area contributed by atoms with Gasteiger partial charge in [-0.05, 0) is 18.9 Å². The molecule has 1 aromatic rings. The minimum atomic E-state index is -0.683. The van der Waals surface area contributed by atoms with Crippen LogP contribution >= 0.6 is 0 Å². The van der Waals surface area contributed by atoms with Crippen molar-refractivity contribution in [3.8, 4) is 0 Å². The molecule has 130 valence electrons. The summed E-state index contributed by atoms with van der Waals surface area (Å²) in [7, 11) is 0. The number of nitrogens with zero attached hydrogens (tertiary/aromatic N) is 4. The third kappa shape index (κ3) is 2.51. The van der Waals surface area contributed by atoms with Crippen LogP contribution in [0.25, 0.3) is 0 Å². The summed E-state index contributed by atoms with van der Waals surface area (Å²) in [6.07, 6.45) is 7.94. The van der Waals surface area contributed by atoms with Crippen molar-refractivity contribution in [2.45, 2.75) is 38.1 Å². The molecule has 0 amide bonds. The number of aromatic nitrogens is 2. The molecule has 3 heterocycles. The average molecular weight is 331 g/mol. The summed E-state index contributed by atoms with van der Waals surface area (Å²) in [5.74, 6) is 0.447. The number of nitrogen functional groups attached to an aromatic ring is 1. The van der Waals surface area contributed by atoms with Crippen LogP contribution in [0.1, 0.15) is 32.1 Å². The number of carboxylic acid groups (broad SMARTS) is 1. The number of hydrogen-bond donors (Lipinski definition) is 2. The van der Waals surface area contributed by atoms with Gasteiger partial charge in [0.25, 0.3) is 0 Å². The molecule has 0 radical (unpaired) electrons. The maximum Gasteiger partial charge on any atom is 0.313 e. The van der Waals surface area contributed by atoms with Crippen molar-refractivity contribution in [1.29, 1.82) is 0 Å². The lowest BCUT2D eigenvalue weighted by Gasteiger charge is -2.33. The van der Waals surface area contributed by atoms with E-state index in [4.69, 9.17) is 5.73 Å². The Balaban J connectivity index is 1.54. The van der Waals surface area contributed by atoms with Crippen molar-refractivity contribution < 1.29 is 9.90 Å². The highest BCUT2D eigenvalue weighted by atomic mass is 16.4. The Morgan fingerprint density at radius 1 is 1.25 bits per heavy atom. The van der Waals surface area contributed by atoms with E-state index in [2.05, 4.69) is 19.8 Å². The van der Waals surface area contributed by atoms with Gasteiger partial charge in [-0.1, -0.05) is 19.3 Å². The first kappa shape index (κ1) is 15.6. The molecule has 7 nitrogen and oxygen atoms in total. The van der Waals surface area contributed by atoms with E-state index in [1.807, 2.05) is 6.07 Å². The molecule has 3 N–H and O–H groups in total. The fourth-order valence-electron chi connectivity index (χ4n) is 4.85. The average Bonchev–Trinajstić information content (AvgIpc) is 3.11. The zero-order chi connectivity index (χ0) is 16.7. The lowest BCUT2D eigenvalue weighted by molar-refractivity contribution is -0.148. The van der Waals surface area contributed by atoms with Gasteiger partial charge in [-0.2, -0.15) is 4.98 Å². The number of carboxylic acids is 1. The van der Waals surface area contributed by atoms with Gasteiger partial charge in [0.05, 0.1) is 0 Å². The van der Waals surface area contributed by atoms with Crippen LogP contribution in [0.3, 0.4) is 0 Å². The molecule has 0 unspecified atom stereocenters. The summed E-state index contributed by atoms with van der Waals surface area (Å²) in [5.41, 5.74) is 5.00. The first-order chi connectivity index (χ1) is 11.6. The van der Waals surface area contributed by atoms with Crippen molar-refractivity contribution in [2.75, 3.05) is 36.8 Å². The van der Waals surface area contributed by atoms with Crippen LogP contribution in [0.5, 0.6) is 0 Å². The Morgan fingerprint density at radius 3 is 2.71 bits per heavy atom. The van der Waals surface area contributed by atoms with Crippen LogP contribution < -0.4 is 10.6 Å². The molecule has 0 bridgehead atoms. The van der Waals surface area contributed by atoms with E-state index in [0.29, 0.717) is 19.1 Å². The van der Waals surface area contributed by atoms with E-state index in [9.17, 15) is 9.90 Å². The first-order valence-electron chi connectivity index (χ1n) is 8.89. The lowest BCUT2D eigenvalue weighted by Crippen LogP contribution is -2.43. The smallest absolute Gasteiger partial charge is 0.313 e. The molecule has 4 rings (SSSR count). The standard InChI is InChI=1S/C17H25N5O2/c18-16-19-7-6-14(20-16)22-9-12-8-21(13-4-2-1-3-5-13)10-17(12,11-22)15(23)24/h6-7,12-13H,1-5,8-11H2,(H,23,24)(H2,18,19,20)/t12-,17-/m1/s1. The van der Waals surface area contributed by atoms with Crippen molar-refractivity contribution in [1.82, 2.24) is 14.9 Å². The molecule has 1 aromatic heterocycles. The van der Waals surface area contributed by atoms with Crippen LogP contribution in [-0.4, -0.2) is 58.2 Å². The van der Waals surface area contributed by atoms with Gasteiger partial charge in [-0.15, -0.1) is 0 Å². The second-order valence-corrected chi connectivity index (χ2v) is 7.53. The predicted molar refractivity (Wildman–Crippen MR) is 90.7 cm³/mol. The molecule has 1 saturated carbocycles. The molecular formula is C17H25N5O2. The Kier molecular flexibility index (Phi) is 3.83. The molecule has 24 heavy (non-hydrogen) atoms. The van der Waals surface area contributed by atoms with Crippen LogP contribution in [0.4, 0.5) is 11.8 Å². The molecule has 2 saturated heterocycles. The summed E-state index contributed by atoms with van der Waals surface area (Å²) in [6.45, 7) is 2.78. The zero-order valence-electron chi connectivity index (χ0n) is 13.9. The lowest BCUT2D eigenvalue weighted by atomic mass is 9.81. The minimum absolute atomic E-state index is 0.146. The Hall–Kier alpha value is -1.89. The molecule has 1 aliphatic carbocycles. The van der Waals surface area contributed by atoms with Crippen molar-refractivity contribution in [3.63, 3.8) is 0 Å². The summed E-state index contributed by atoms with van der Waals surface area (Å²) in [6, 6.07) is 2.38.